The van der Waals surface area contributed by atoms with Gasteiger partial charge in [-0.2, -0.15) is 0 Å². The molecule has 2 N–H and O–H groups in total. The second-order valence-corrected chi connectivity index (χ2v) is 5.53. The van der Waals surface area contributed by atoms with E-state index < -0.39 is 0 Å². The van der Waals surface area contributed by atoms with Crippen molar-refractivity contribution in [3.63, 3.8) is 0 Å². The molecule has 0 bridgehead atoms. The van der Waals surface area contributed by atoms with Crippen LogP contribution >= 0.6 is 12.4 Å². The average molecular weight is 343 g/mol. The zero-order valence-electron chi connectivity index (χ0n) is 13.2. The molecule has 1 amide bonds. The summed E-state index contributed by atoms with van der Waals surface area (Å²) in [5.41, 5.74) is 1.12. The number of nitrogens with one attached hydrogen (secondary N) is 2. The number of morpholine rings is 1. The zero-order chi connectivity index (χ0) is 15.4. The molecule has 7 heteroatoms. The van der Waals surface area contributed by atoms with E-state index in [9.17, 15) is 4.79 Å². The molecule has 128 valence electrons. The predicted molar refractivity (Wildman–Crippen MR) is 88.6 cm³/mol. The van der Waals surface area contributed by atoms with Gasteiger partial charge in [-0.1, -0.05) is 6.07 Å². The lowest BCUT2D eigenvalue weighted by Gasteiger charge is -2.29. The van der Waals surface area contributed by atoms with Gasteiger partial charge in [0, 0.05) is 13.1 Å². The topological polar surface area (TPSA) is 68.8 Å². The van der Waals surface area contributed by atoms with Gasteiger partial charge in [-0.3, -0.25) is 4.79 Å². The van der Waals surface area contributed by atoms with Gasteiger partial charge in [0.05, 0.1) is 12.7 Å². The van der Waals surface area contributed by atoms with E-state index >= 15 is 0 Å². The van der Waals surface area contributed by atoms with Gasteiger partial charge in [0.15, 0.2) is 11.5 Å². The molecular weight excluding hydrogens is 320 g/mol. The normalized spacial score (nSPS) is 22.8. The molecule has 23 heavy (non-hydrogen) atoms. The number of amides is 1. The number of hydrogen-bond donors (Lipinski definition) is 2. The van der Waals surface area contributed by atoms with Crippen molar-refractivity contribution in [2.24, 2.45) is 0 Å². The fourth-order valence-electron chi connectivity index (χ4n) is 2.71. The molecule has 0 radical (unpaired) electrons. The average Bonchev–Trinajstić information content (AvgIpc) is 2.55. The van der Waals surface area contributed by atoms with Gasteiger partial charge in [-0.15, -0.1) is 12.4 Å². The number of halogens is 1. The lowest BCUT2D eigenvalue weighted by atomic mass is 10.1. The largest absolute Gasteiger partial charge is 0.486 e. The van der Waals surface area contributed by atoms with Gasteiger partial charge in [0.2, 0.25) is 5.91 Å². The van der Waals surface area contributed by atoms with Crippen molar-refractivity contribution < 1.29 is 19.0 Å². The monoisotopic (exact) mass is 342 g/mol. The minimum atomic E-state index is -0.269. The van der Waals surface area contributed by atoms with E-state index in [1.165, 1.54) is 0 Å². The number of rotatable bonds is 4. The van der Waals surface area contributed by atoms with E-state index in [2.05, 4.69) is 10.6 Å². The molecule has 1 saturated heterocycles. The number of carbonyl (C=O) groups is 1. The van der Waals surface area contributed by atoms with E-state index in [1.807, 2.05) is 25.1 Å². The Labute approximate surface area is 142 Å². The molecule has 6 nitrogen and oxygen atoms in total. The van der Waals surface area contributed by atoms with Gasteiger partial charge in [0.1, 0.15) is 19.3 Å². The van der Waals surface area contributed by atoms with Crippen molar-refractivity contribution >= 4 is 18.3 Å². The lowest BCUT2D eigenvalue weighted by Crippen LogP contribution is -2.55. The molecule has 0 aromatic heterocycles. The minimum absolute atomic E-state index is 0. The van der Waals surface area contributed by atoms with Gasteiger partial charge >= 0.3 is 0 Å². The Balaban J connectivity index is 0.00000192. The molecule has 2 aliphatic rings. The highest BCUT2D eigenvalue weighted by atomic mass is 35.5. The molecule has 0 unspecified atom stereocenters. The van der Waals surface area contributed by atoms with E-state index in [-0.39, 0.29) is 30.5 Å². The molecule has 3 rings (SSSR count). The molecule has 2 heterocycles. The minimum Gasteiger partial charge on any atom is -0.486 e. The van der Waals surface area contributed by atoms with Gasteiger partial charge < -0.3 is 24.8 Å². The fourth-order valence-corrected chi connectivity index (χ4v) is 2.71. The van der Waals surface area contributed by atoms with Crippen molar-refractivity contribution in [3.8, 4) is 11.5 Å². The Morgan fingerprint density at radius 2 is 2.04 bits per heavy atom. The molecule has 0 spiro atoms. The van der Waals surface area contributed by atoms with Crippen LogP contribution in [0.25, 0.3) is 0 Å². The Bertz CT molecular complexity index is 541. The van der Waals surface area contributed by atoms with E-state index in [0.717, 1.165) is 23.5 Å². The summed E-state index contributed by atoms with van der Waals surface area (Å²) in [6.45, 7) is 5.04. The SMILES string of the molecule is C[C@H]1OCCN[C@@H]1C(=O)NCCc1ccc2c(c1)OCCO2.Cl. The van der Waals surface area contributed by atoms with Crippen LogP contribution in [0.15, 0.2) is 18.2 Å². The zero-order valence-corrected chi connectivity index (χ0v) is 14.0. The Morgan fingerprint density at radius 1 is 1.26 bits per heavy atom. The molecule has 0 aliphatic carbocycles. The first-order valence-electron chi connectivity index (χ1n) is 7.75. The maximum Gasteiger partial charge on any atom is 0.239 e. The van der Waals surface area contributed by atoms with Crippen molar-refractivity contribution in [3.05, 3.63) is 23.8 Å². The predicted octanol–water partition coefficient (Wildman–Crippen LogP) is 0.915. The van der Waals surface area contributed by atoms with Crippen LogP contribution in [0, 0.1) is 0 Å². The third-order valence-corrected chi connectivity index (χ3v) is 3.92. The summed E-state index contributed by atoms with van der Waals surface area (Å²) in [5, 5.41) is 6.14. The van der Waals surface area contributed by atoms with Crippen molar-refractivity contribution in [2.75, 3.05) is 32.9 Å². The number of benzene rings is 1. The maximum atomic E-state index is 12.1. The number of ether oxygens (including phenoxy) is 3. The highest BCUT2D eigenvalue weighted by molar-refractivity contribution is 5.85. The fraction of sp³-hybridized carbons (Fsp3) is 0.562. The summed E-state index contributed by atoms with van der Waals surface area (Å²) >= 11 is 0. The summed E-state index contributed by atoms with van der Waals surface area (Å²) in [6.07, 6.45) is 0.660. The second kappa shape index (κ2) is 8.38. The quantitative estimate of drug-likeness (QED) is 0.851. The Morgan fingerprint density at radius 3 is 2.83 bits per heavy atom. The van der Waals surface area contributed by atoms with Crippen LogP contribution < -0.4 is 20.1 Å². The van der Waals surface area contributed by atoms with E-state index in [4.69, 9.17) is 14.2 Å². The molecule has 0 saturated carbocycles. The van der Waals surface area contributed by atoms with Crippen LogP contribution in [0.3, 0.4) is 0 Å². The Kier molecular flexibility index (Phi) is 6.50. The summed E-state index contributed by atoms with van der Waals surface area (Å²) in [7, 11) is 0. The third kappa shape index (κ3) is 4.50. The summed E-state index contributed by atoms with van der Waals surface area (Å²) < 4.78 is 16.5. The molecule has 1 aromatic rings. The Hall–Kier alpha value is -1.50. The third-order valence-electron chi connectivity index (χ3n) is 3.92. The number of hydrogen-bond acceptors (Lipinski definition) is 5. The number of fused-ring (bicyclic) bond motifs is 1. The highest BCUT2D eigenvalue weighted by Gasteiger charge is 2.27. The van der Waals surface area contributed by atoms with E-state index in [0.29, 0.717) is 32.9 Å². The molecule has 1 aromatic carbocycles. The second-order valence-electron chi connectivity index (χ2n) is 5.53. The summed E-state index contributed by atoms with van der Waals surface area (Å²) in [5.74, 6) is 1.56. The standard InChI is InChI=1S/C16H22N2O4.ClH/c1-11-15(17-6-7-20-11)16(19)18-5-4-12-2-3-13-14(10-12)22-9-8-21-13;/h2-3,10-11,15,17H,4-9H2,1H3,(H,18,19);1H/t11-,15+;/m1./s1. The number of carbonyl (C=O) groups excluding carboxylic acids is 1. The van der Waals surface area contributed by atoms with Crippen LogP contribution in [-0.2, 0) is 16.0 Å². The lowest BCUT2D eigenvalue weighted by molar-refractivity contribution is -0.128. The van der Waals surface area contributed by atoms with E-state index in [1.54, 1.807) is 0 Å². The highest BCUT2D eigenvalue weighted by Crippen LogP contribution is 2.30. The maximum absolute atomic E-state index is 12.1. The van der Waals surface area contributed by atoms with Crippen LogP contribution in [-0.4, -0.2) is 51.0 Å². The molecule has 2 atom stereocenters. The summed E-state index contributed by atoms with van der Waals surface area (Å²) in [4.78, 5) is 12.1. The van der Waals surface area contributed by atoms with Crippen molar-refractivity contribution in [1.82, 2.24) is 10.6 Å². The molecule has 1 fully saturated rings. The summed E-state index contributed by atoms with van der Waals surface area (Å²) in [6, 6.07) is 5.63. The van der Waals surface area contributed by atoms with Crippen LogP contribution in [0.4, 0.5) is 0 Å². The van der Waals surface area contributed by atoms with Crippen molar-refractivity contribution in [1.29, 1.82) is 0 Å². The first kappa shape index (κ1) is 17.8. The van der Waals surface area contributed by atoms with Crippen LogP contribution in [0.2, 0.25) is 0 Å². The van der Waals surface area contributed by atoms with Gasteiger partial charge in [-0.05, 0) is 31.0 Å². The van der Waals surface area contributed by atoms with Crippen LogP contribution in [0.5, 0.6) is 11.5 Å². The molecule has 2 aliphatic heterocycles. The smallest absolute Gasteiger partial charge is 0.239 e. The first-order chi connectivity index (χ1) is 10.7. The van der Waals surface area contributed by atoms with Gasteiger partial charge in [0.25, 0.3) is 0 Å². The first-order valence-corrected chi connectivity index (χ1v) is 7.75. The van der Waals surface area contributed by atoms with Crippen molar-refractivity contribution in [2.45, 2.75) is 25.5 Å². The van der Waals surface area contributed by atoms with Crippen LogP contribution in [0.1, 0.15) is 12.5 Å². The molecular formula is C16H23ClN2O4. The van der Waals surface area contributed by atoms with Gasteiger partial charge in [-0.25, -0.2) is 0 Å².